The predicted molar refractivity (Wildman–Crippen MR) is 96.1 cm³/mol. The van der Waals surface area contributed by atoms with Crippen LogP contribution in [0.3, 0.4) is 0 Å². The van der Waals surface area contributed by atoms with E-state index in [-0.39, 0.29) is 11.8 Å². The molecular weight excluding hydrogens is 312 g/mol. The van der Waals surface area contributed by atoms with Crippen LogP contribution in [0.1, 0.15) is 23.5 Å². The molecule has 4 rings (SSSR count). The van der Waals surface area contributed by atoms with Crippen molar-refractivity contribution in [2.75, 3.05) is 5.32 Å². The minimum Gasteiger partial charge on any atom is -0.309 e. The van der Waals surface area contributed by atoms with Gasteiger partial charge in [-0.3, -0.25) is 14.5 Å². The smallest absolute Gasteiger partial charge is 0.229 e. The lowest BCUT2D eigenvalue weighted by atomic mass is 10.1. The fourth-order valence-electron chi connectivity index (χ4n) is 3.12. The Labute approximate surface area is 146 Å². The molecule has 1 amide bonds. The molecule has 0 aliphatic heterocycles. The molecular formula is C20H20N4O. The maximum absolute atomic E-state index is 12.4. The van der Waals surface area contributed by atoms with Crippen LogP contribution in [0.15, 0.2) is 67.1 Å². The molecule has 0 saturated heterocycles. The van der Waals surface area contributed by atoms with Gasteiger partial charge in [-0.05, 0) is 42.0 Å². The summed E-state index contributed by atoms with van der Waals surface area (Å²) < 4.78 is 1.86. The maximum Gasteiger partial charge on any atom is 0.229 e. The molecule has 1 aromatic carbocycles. The Hall–Kier alpha value is -2.95. The molecule has 1 fully saturated rings. The van der Waals surface area contributed by atoms with Crippen LogP contribution in [0.4, 0.5) is 5.82 Å². The fraction of sp³-hybridized carbons (Fsp3) is 0.250. The maximum atomic E-state index is 12.4. The molecule has 0 radical (unpaired) electrons. The first-order valence-electron chi connectivity index (χ1n) is 8.58. The van der Waals surface area contributed by atoms with Gasteiger partial charge >= 0.3 is 0 Å². The number of hydrogen-bond donors (Lipinski definition) is 1. The third-order valence-corrected chi connectivity index (χ3v) is 4.63. The molecule has 0 spiro atoms. The van der Waals surface area contributed by atoms with Gasteiger partial charge in [-0.1, -0.05) is 30.3 Å². The average Bonchev–Trinajstić information content (AvgIpc) is 3.35. The number of benzene rings is 1. The van der Waals surface area contributed by atoms with E-state index in [0.717, 1.165) is 19.4 Å². The summed E-state index contributed by atoms with van der Waals surface area (Å²) in [6, 6.07) is 16.1. The van der Waals surface area contributed by atoms with Gasteiger partial charge in [0.25, 0.3) is 0 Å². The molecule has 0 bridgehead atoms. The highest BCUT2D eigenvalue weighted by molar-refractivity contribution is 5.94. The molecule has 5 heteroatoms. The van der Waals surface area contributed by atoms with Crippen LogP contribution in [0.25, 0.3) is 0 Å². The summed E-state index contributed by atoms with van der Waals surface area (Å²) in [7, 11) is 0. The van der Waals surface area contributed by atoms with Crippen molar-refractivity contribution in [2.45, 2.75) is 25.3 Å². The Morgan fingerprint density at radius 3 is 2.72 bits per heavy atom. The summed E-state index contributed by atoms with van der Waals surface area (Å²) >= 11 is 0. The molecule has 1 saturated carbocycles. The van der Waals surface area contributed by atoms with Crippen LogP contribution < -0.4 is 5.32 Å². The first-order valence-corrected chi connectivity index (χ1v) is 8.58. The highest BCUT2D eigenvalue weighted by atomic mass is 16.2. The average molecular weight is 332 g/mol. The first-order chi connectivity index (χ1) is 12.3. The molecule has 3 aromatic rings. The minimum absolute atomic E-state index is 0.0596. The van der Waals surface area contributed by atoms with E-state index in [2.05, 4.69) is 27.5 Å². The summed E-state index contributed by atoms with van der Waals surface area (Å²) in [5.74, 6) is 1.09. The third-order valence-electron chi connectivity index (χ3n) is 4.63. The van der Waals surface area contributed by atoms with E-state index in [4.69, 9.17) is 0 Å². The number of aryl methyl sites for hydroxylation is 2. The van der Waals surface area contributed by atoms with E-state index in [9.17, 15) is 4.79 Å². The number of carbonyl (C=O) groups excluding carboxylic acids is 1. The Bertz CT molecular complexity index is 844. The van der Waals surface area contributed by atoms with E-state index in [1.165, 1.54) is 11.1 Å². The molecule has 2 heterocycles. The SMILES string of the molecule is O=C(Nc1ccn(CCc2ccncc2)n1)[C@H]1C[C@H]1c1ccccc1. The zero-order chi connectivity index (χ0) is 17.1. The molecule has 126 valence electrons. The number of aromatic nitrogens is 3. The van der Waals surface area contributed by atoms with Gasteiger partial charge in [0, 0.05) is 37.1 Å². The van der Waals surface area contributed by atoms with Crippen molar-refractivity contribution < 1.29 is 4.79 Å². The summed E-state index contributed by atoms with van der Waals surface area (Å²) in [6.07, 6.45) is 7.29. The van der Waals surface area contributed by atoms with Crippen molar-refractivity contribution in [2.24, 2.45) is 5.92 Å². The Balaban J connectivity index is 1.30. The van der Waals surface area contributed by atoms with Gasteiger partial charge in [-0.2, -0.15) is 5.10 Å². The Kier molecular flexibility index (Phi) is 4.29. The molecule has 1 N–H and O–H groups in total. The summed E-state index contributed by atoms with van der Waals surface area (Å²) in [5, 5.41) is 7.38. The Morgan fingerprint density at radius 2 is 1.92 bits per heavy atom. The number of hydrogen-bond acceptors (Lipinski definition) is 3. The van der Waals surface area contributed by atoms with E-state index >= 15 is 0 Å². The number of carbonyl (C=O) groups is 1. The Morgan fingerprint density at radius 1 is 1.12 bits per heavy atom. The van der Waals surface area contributed by atoms with E-state index in [1.807, 2.05) is 47.3 Å². The summed E-state index contributed by atoms with van der Waals surface area (Å²) in [5.41, 5.74) is 2.46. The zero-order valence-corrected chi connectivity index (χ0v) is 13.9. The molecule has 5 nitrogen and oxygen atoms in total. The summed E-state index contributed by atoms with van der Waals surface area (Å²) in [4.78, 5) is 16.4. The second-order valence-corrected chi connectivity index (χ2v) is 6.42. The molecule has 25 heavy (non-hydrogen) atoms. The minimum atomic E-state index is 0.0596. The quantitative estimate of drug-likeness (QED) is 0.754. The van der Waals surface area contributed by atoms with Crippen LogP contribution in [0.2, 0.25) is 0 Å². The highest BCUT2D eigenvalue weighted by Crippen LogP contribution is 2.47. The number of nitrogens with zero attached hydrogens (tertiary/aromatic N) is 3. The number of amides is 1. The second kappa shape index (κ2) is 6.89. The molecule has 1 aliphatic carbocycles. The van der Waals surface area contributed by atoms with Crippen molar-refractivity contribution in [1.29, 1.82) is 0 Å². The standard InChI is InChI=1S/C20H20N4O/c25-20(18-14-17(18)16-4-2-1-3-5-16)22-19-9-13-24(23-19)12-8-15-6-10-21-11-7-15/h1-7,9-11,13,17-18H,8,12,14H2,(H,22,23,25)/t17-,18-/m0/s1. The number of nitrogens with one attached hydrogen (secondary N) is 1. The van der Waals surface area contributed by atoms with E-state index in [0.29, 0.717) is 11.7 Å². The van der Waals surface area contributed by atoms with Crippen molar-refractivity contribution in [3.8, 4) is 0 Å². The number of anilines is 1. The third kappa shape index (κ3) is 3.76. The first kappa shape index (κ1) is 15.6. The van der Waals surface area contributed by atoms with Crippen LogP contribution in [-0.2, 0) is 17.8 Å². The lowest BCUT2D eigenvalue weighted by Gasteiger charge is -2.03. The normalized spacial score (nSPS) is 18.7. The number of rotatable bonds is 6. The molecule has 0 unspecified atom stereocenters. The van der Waals surface area contributed by atoms with Gasteiger partial charge in [0.1, 0.15) is 0 Å². The van der Waals surface area contributed by atoms with Crippen LogP contribution in [0.5, 0.6) is 0 Å². The van der Waals surface area contributed by atoms with Gasteiger partial charge in [-0.25, -0.2) is 0 Å². The van der Waals surface area contributed by atoms with Crippen molar-refractivity contribution in [3.63, 3.8) is 0 Å². The summed E-state index contributed by atoms with van der Waals surface area (Å²) in [6.45, 7) is 0.774. The van der Waals surface area contributed by atoms with E-state index < -0.39 is 0 Å². The molecule has 2 atom stereocenters. The fourth-order valence-corrected chi connectivity index (χ4v) is 3.12. The van der Waals surface area contributed by atoms with Gasteiger partial charge in [0.05, 0.1) is 0 Å². The van der Waals surface area contributed by atoms with E-state index in [1.54, 1.807) is 12.4 Å². The lowest BCUT2D eigenvalue weighted by molar-refractivity contribution is -0.117. The monoisotopic (exact) mass is 332 g/mol. The zero-order valence-electron chi connectivity index (χ0n) is 13.9. The van der Waals surface area contributed by atoms with Gasteiger partial charge in [0.2, 0.25) is 5.91 Å². The topological polar surface area (TPSA) is 59.8 Å². The van der Waals surface area contributed by atoms with Gasteiger partial charge in [0.15, 0.2) is 5.82 Å². The molecule has 2 aromatic heterocycles. The predicted octanol–water partition coefficient (Wildman–Crippen LogP) is 3.26. The van der Waals surface area contributed by atoms with Crippen LogP contribution in [-0.4, -0.2) is 20.7 Å². The van der Waals surface area contributed by atoms with Gasteiger partial charge in [-0.15, -0.1) is 0 Å². The van der Waals surface area contributed by atoms with Crippen molar-refractivity contribution in [1.82, 2.24) is 14.8 Å². The van der Waals surface area contributed by atoms with Crippen LogP contribution >= 0.6 is 0 Å². The van der Waals surface area contributed by atoms with Crippen molar-refractivity contribution >= 4 is 11.7 Å². The number of pyridine rings is 1. The van der Waals surface area contributed by atoms with Crippen LogP contribution in [0, 0.1) is 5.92 Å². The lowest BCUT2D eigenvalue weighted by Crippen LogP contribution is -2.15. The van der Waals surface area contributed by atoms with Crippen molar-refractivity contribution in [3.05, 3.63) is 78.2 Å². The largest absolute Gasteiger partial charge is 0.309 e. The highest BCUT2D eigenvalue weighted by Gasteiger charge is 2.43. The van der Waals surface area contributed by atoms with Gasteiger partial charge < -0.3 is 5.32 Å². The second-order valence-electron chi connectivity index (χ2n) is 6.42. The molecule has 1 aliphatic rings.